The van der Waals surface area contributed by atoms with Gasteiger partial charge in [0.25, 0.3) is 10.0 Å². The molecule has 0 saturated heterocycles. The van der Waals surface area contributed by atoms with Gasteiger partial charge in [0.2, 0.25) is 0 Å². The van der Waals surface area contributed by atoms with Crippen LogP contribution in [0.4, 0.5) is 5.69 Å². The van der Waals surface area contributed by atoms with Gasteiger partial charge in [0.05, 0.1) is 17.1 Å². The first-order valence-electron chi connectivity index (χ1n) is 9.29. The monoisotopic (exact) mass is 389 g/mol. The molecule has 2 aromatic rings. The van der Waals surface area contributed by atoms with Crippen LogP contribution in [0.15, 0.2) is 53.4 Å². The summed E-state index contributed by atoms with van der Waals surface area (Å²) in [5.74, 6) is -0.443. The molecule has 0 heterocycles. The summed E-state index contributed by atoms with van der Waals surface area (Å²) in [5.41, 5.74) is 1.63. The van der Waals surface area contributed by atoms with E-state index in [0.29, 0.717) is 17.9 Å². The van der Waals surface area contributed by atoms with Crippen LogP contribution < -0.4 is 4.72 Å². The topological polar surface area (TPSA) is 72.5 Å². The summed E-state index contributed by atoms with van der Waals surface area (Å²) in [6.07, 6.45) is 5.38. The van der Waals surface area contributed by atoms with Gasteiger partial charge in [-0.1, -0.05) is 56.4 Å². The van der Waals surface area contributed by atoms with E-state index in [-0.39, 0.29) is 4.90 Å². The van der Waals surface area contributed by atoms with Crippen LogP contribution in [0.2, 0.25) is 0 Å². The zero-order valence-electron chi connectivity index (χ0n) is 15.9. The molecule has 0 aromatic heterocycles. The van der Waals surface area contributed by atoms with Gasteiger partial charge < -0.3 is 4.74 Å². The van der Waals surface area contributed by atoms with Crippen molar-refractivity contribution < 1.29 is 17.9 Å². The van der Waals surface area contributed by atoms with Crippen molar-refractivity contribution in [3.05, 3.63) is 59.7 Å². The van der Waals surface area contributed by atoms with Crippen molar-refractivity contribution in [1.82, 2.24) is 0 Å². The van der Waals surface area contributed by atoms with Crippen LogP contribution in [0, 0.1) is 6.92 Å². The molecule has 146 valence electrons. The second-order valence-electron chi connectivity index (χ2n) is 6.55. The molecule has 0 bridgehead atoms. The fraction of sp³-hybridized carbons (Fsp3) is 0.381. The third kappa shape index (κ3) is 6.71. The Labute approximate surface area is 161 Å². The fourth-order valence-electron chi connectivity index (χ4n) is 2.59. The highest BCUT2D eigenvalue weighted by Gasteiger charge is 2.15. The maximum absolute atomic E-state index is 12.5. The lowest BCUT2D eigenvalue weighted by Gasteiger charge is -2.10. The molecule has 0 spiro atoms. The SMILES string of the molecule is CCCCCCCOC(=O)c1cccc(NS(=O)(=O)c2ccc(C)cc2)c1. The Hall–Kier alpha value is -2.34. The van der Waals surface area contributed by atoms with Crippen molar-refractivity contribution in [3.8, 4) is 0 Å². The molecule has 0 atom stereocenters. The van der Waals surface area contributed by atoms with Gasteiger partial charge in [-0.25, -0.2) is 13.2 Å². The van der Waals surface area contributed by atoms with Crippen LogP contribution in [0.1, 0.15) is 54.9 Å². The minimum absolute atomic E-state index is 0.174. The first-order chi connectivity index (χ1) is 12.9. The normalized spacial score (nSPS) is 11.2. The first kappa shape index (κ1) is 21.0. The zero-order valence-corrected chi connectivity index (χ0v) is 16.7. The summed E-state index contributed by atoms with van der Waals surface area (Å²) in [4.78, 5) is 12.3. The summed E-state index contributed by atoms with van der Waals surface area (Å²) in [6.45, 7) is 4.42. The van der Waals surface area contributed by atoms with Gasteiger partial charge in [0, 0.05) is 5.69 Å². The van der Waals surface area contributed by atoms with E-state index in [9.17, 15) is 13.2 Å². The Morgan fingerprint density at radius 3 is 2.41 bits per heavy atom. The first-order valence-corrected chi connectivity index (χ1v) is 10.8. The molecule has 0 radical (unpaired) electrons. The predicted octanol–water partition coefficient (Wildman–Crippen LogP) is 4.92. The van der Waals surface area contributed by atoms with E-state index in [1.807, 2.05) is 6.92 Å². The van der Waals surface area contributed by atoms with E-state index in [1.54, 1.807) is 42.5 Å². The van der Waals surface area contributed by atoms with E-state index in [2.05, 4.69) is 11.6 Å². The molecule has 2 rings (SSSR count). The van der Waals surface area contributed by atoms with Gasteiger partial charge in [-0.3, -0.25) is 4.72 Å². The molecule has 27 heavy (non-hydrogen) atoms. The molecule has 0 aliphatic carbocycles. The third-order valence-electron chi connectivity index (χ3n) is 4.16. The number of anilines is 1. The van der Waals surface area contributed by atoms with E-state index in [4.69, 9.17) is 4.74 Å². The standard InChI is InChI=1S/C21H27NO4S/c1-3-4-5-6-7-15-26-21(23)18-9-8-10-19(16-18)22-27(24,25)20-13-11-17(2)12-14-20/h8-14,16,22H,3-7,15H2,1-2H3. The highest BCUT2D eigenvalue weighted by molar-refractivity contribution is 7.92. The van der Waals surface area contributed by atoms with Gasteiger partial charge >= 0.3 is 5.97 Å². The van der Waals surface area contributed by atoms with E-state index in [0.717, 1.165) is 24.8 Å². The molecule has 0 aliphatic rings. The summed E-state index contributed by atoms with van der Waals surface area (Å²) in [7, 11) is -3.70. The summed E-state index contributed by atoms with van der Waals surface area (Å²) in [6, 6.07) is 12.9. The number of aryl methyl sites for hydroxylation is 1. The second kappa shape index (κ2) is 10.1. The van der Waals surface area contributed by atoms with Crippen LogP contribution in [0.25, 0.3) is 0 Å². The van der Waals surface area contributed by atoms with E-state index in [1.165, 1.54) is 18.9 Å². The van der Waals surface area contributed by atoms with Crippen molar-refractivity contribution in [2.24, 2.45) is 0 Å². The molecule has 0 unspecified atom stereocenters. The number of nitrogens with one attached hydrogen (secondary N) is 1. The Bertz CT molecular complexity index is 845. The number of hydrogen-bond donors (Lipinski definition) is 1. The minimum atomic E-state index is -3.70. The van der Waals surface area contributed by atoms with Crippen LogP contribution in [-0.4, -0.2) is 21.0 Å². The van der Waals surface area contributed by atoms with Gasteiger partial charge in [0.1, 0.15) is 0 Å². The molecular formula is C21H27NO4S. The van der Waals surface area contributed by atoms with Crippen molar-refractivity contribution >= 4 is 21.7 Å². The van der Waals surface area contributed by atoms with Crippen LogP contribution in [0.5, 0.6) is 0 Å². The largest absolute Gasteiger partial charge is 0.462 e. The molecule has 5 nitrogen and oxygen atoms in total. The van der Waals surface area contributed by atoms with E-state index < -0.39 is 16.0 Å². The summed E-state index contributed by atoms with van der Waals surface area (Å²) in [5, 5.41) is 0. The maximum Gasteiger partial charge on any atom is 0.338 e. The van der Waals surface area contributed by atoms with Crippen molar-refractivity contribution in [2.75, 3.05) is 11.3 Å². The molecule has 0 amide bonds. The quantitative estimate of drug-likeness (QED) is 0.462. The number of rotatable bonds is 10. The lowest BCUT2D eigenvalue weighted by molar-refractivity contribution is 0.0497. The van der Waals surface area contributed by atoms with Crippen LogP contribution >= 0.6 is 0 Å². The third-order valence-corrected chi connectivity index (χ3v) is 5.56. The summed E-state index contributed by atoms with van der Waals surface area (Å²) >= 11 is 0. The number of ether oxygens (including phenoxy) is 1. The Balaban J connectivity index is 1.96. The zero-order chi connectivity index (χ0) is 19.7. The molecular weight excluding hydrogens is 362 g/mol. The number of hydrogen-bond acceptors (Lipinski definition) is 4. The van der Waals surface area contributed by atoms with Crippen LogP contribution in [0.3, 0.4) is 0 Å². The van der Waals surface area contributed by atoms with Gasteiger partial charge in [-0.15, -0.1) is 0 Å². The molecule has 0 aliphatic heterocycles. The van der Waals surface area contributed by atoms with Crippen molar-refractivity contribution in [3.63, 3.8) is 0 Å². The predicted molar refractivity (Wildman–Crippen MR) is 107 cm³/mol. The minimum Gasteiger partial charge on any atom is -0.462 e. The number of benzene rings is 2. The highest BCUT2D eigenvalue weighted by Crippen LogP contribution is 2.18. The summed E-state index contributed by atoms with van der Waals surface area (Å²) < 4.78 is 32.7. The Morgan fingerprint density at radius 2 is 1.70 bits per heavy atom. The second-order valence-corrected chi connectivity index (χ2v) is 8.23. The van der Waals surface area contributed by atoms with Crippen LogP contribution in [-0.2, 0) is 14.8 Å². The Kier molecular flexibility index (Phi) is 7.85. The van der Waals surface area contributed by atoms with Gasteiger partial charge in [-0.2, -0.15) is 0 Å². The molecule has 0 saturated carbocycles. The average Bonchev–Trinajstić information content (AvgIpc) is 2.64. The number of carbonyl (C=O) groups excluding carboxylic acids is 1. The number of unbranched alkanes of at least 4 members (excludes halogenated alkanes) is 4. The average molecular weight is 390 g/mol. The van der Waals surface area contributed by atoms with Crippen molar-refractivity contribution in [2.45, 2.75) is 50.8 Å². The molecule has 1 N–H and O–H groups in total. The lowest BCUT2D eigenvalue weighted by Crippen LogP contribution is -2.14. The lowest BCUT2D eigenvalue weighted by atomic mass is 10.2. The van der Waals surface area contributed by atoms with Gasteiger partial charge in [0.15, 0.2) is 0 Å². The maximum atomic E-state index is 12.5. The number of esters is 1. The Morgan fingerprint density at radius 1 is 1.00 bits per heavy atom. The molecule has 0 fully saturated rings. The molecule has 2 aromatic carbocycles. The smallest absolute Gasteiger partial charge is 0.338 e. The van der Waals surface area contributed by atoms with E-state index >= 15 is 0 Å². The van der Waals surface area contributed by atoms with Crippen molar-refractivity contribution in [1.29, 1.82) is 0 Å². The number of sulfonamides is 1. The highest BCUT2D eigenvalue weighted by atomic mass is 32.2. The van der Waals surface area contributed by atoms with Gasteiger partial charge in [-0.05, 0) is 43.7 Å². The fourth-order valence-corrected chi connectivity index (χ4v) is 3.64. The number of carbonyl (C=O) groups is 1. The molecule has 6 heteroatoms.